The maximum atomic E-state index is 12.4. The Balaban J connectivity index is 2.06. The minimum absolute atomic E-state index is 0.0300. The van der Waals surface area contributed by atoms with Gasteiger partial charge in [-0.2, -0.15) is 0 Å². The Bertz CT molecular complexity index is 508. The molecule has 1 fully saturated rings. The Kier molecular flexibility index (Phi) is 5.31. The van der Waals surface area contributed by atoms with Crippen LogP contribution in [0.15, 0.2) is 23.2 Å². The molecule has 5 heteroatoms. The Morgan fingerprint density at radius 1 is 1.35 bits per heavy atom. The molecule has 1 aromatic rings. The van der Waals surface area contributed by atoms with Crippen molar-refractivity contribution < 1.29 is 4.79 Å². The molecule has 20 heavy (non-hydrogen) atoms. The first-order valence-corrected chi connectivity index (χ1v) is 8.28. The van der Waals surface area contributed by atoms with Crippen molar-refractivity contribution in [1.29, 1.82) is 0 Å². The lowest BCUT2D eigenvalue weighted by Crippen LogP contribution is -2.32. The lowest BCUT2D eigenvalue weighted by molar-refractivity contribution is -0.122. The van der Waals surface area contributed by atoms with Crippen LogP contribution >= 0.6 is 23.6 Å². The van der Waals surface area contributed by atoms with Crippen LogP contribution in [0.25, 0.3) is 6.08 Å². The second-order valence-corrected chi connectivity index (χ2v) is 6.25. The van der Waals surface area contributed by atoms with Gasteiger partial charge in [0, 0.05) is 18.5 Å². The highest BCUT2D eigenvalue weighted by Crippen LogP contribution is 2.24. The minimum atomic E-state index is 0.0300. The molecule has 1 aliphatic rings. The van der Waals surface area contributed by atoms with Crippen LogP contribution in [0.1, 0.15) is 37.5 Å². The standard InChI is InChI=1S/C15H20N2OS2/c1-3-4-5-6-9-17-14(18)13(16(2)15(17)19)11-12-8-7-10-20-12/h7-8,10-11H,3-6,9H2,1-2H3/b13-11-. The van der Waals surface area contributed by atoms with Crippen molar-refractivity contribution in [2.24, 2.45) is 0 Å². The average molecular weight is 308 g/mol. The molecule has 0 atom stereocenters. The molecule has 108 valence electrons. The topological polar surface area (TPSA) is 23.6 Å². The summed E-state index contributed by atoms with van der Waals surface area (Å²) in [5.41, 5.74) is 0.674. The van der Waals surface area contributed by atoms with Crippen molar-refractivity contribution >= 4 is 40.7 Å². The average Bonchev–Trinajstić information content (AvgIpc) is 3.01. The number of likely N-dealkylation sites (N-methyl/N-ethyl adjacent to an activating group) is 1. The van der Waals surface area contributed by atoms with E-state index in [9.17, 15) is 4.79 Å². The van der Waals surface area contributed by atoms with Gasteiger partial charge in [-0.3, -0.25) is 9.69 Å². The van der Waals surface area contributed by atoms with Gasteiger partial charge in [0.15, 0.2) is 5.11 Å². The van der Waals surface area contributed by atoms with E-state index in [4.69, 9.17) is 12.2 Å². The van der Waals surface area contributed by atoms with Crippen LogP contribution in [0.4, 0.5) is 0 Å². The van der Waals surface area contributed by atoms with E-state index in [0.29, 0.717) is 10.8 Å². The highest BCUT2D eigenvalue weighted by molar-refractivity contribution is 7.80. The quantitative estimate of drug-likeness (QED) is 0.454. The summed E-state index contributed by atoms with van der Waals surface area (Å²) in [6.45, 7) is 2.91. The van der Waals surface area contributed by atoms with Crippen LogP contribution in [0.2, 0.25) is 0 Å². The number of carbonyl (C=O) groups is 1. The number of unbranched alkanes of at least 4 members (excludes halogenated alkanes) is 3. The van der Waals surface area contributed by atoms with Crippen molar-refractivity contribution in [2.75, 3.05) is 13.6 Å². The number of thiocarbonyl (C=S) groups is 1. The Labute approximate surface area is 129 Å². The number of rotatable bonds is 6. The lowest BCUT2D eigenvalue weighted by atomic mass is 10.2. The summed E-state index contributed by atoms with van der Waals surface area (Å²) in [4.78, 5) is 17.1. The second-order valence-electron chi connectivity index (χ2n) is 4.90. The minimum Gasteiger partial charge on any atom is -0.317 e. The Morgan fingerprint density at radius 3 is 2.80 bits per heavy atom. The van der Waals surface area contributed by atoms with Gasteiger partial charge in [-0.15, -0.1) is 11.3 Å². The maximum Gasteiger partial charge on any atom is 0.276 e. The maximum absolute atomic E-state index is 12.4. The number of thiophene rings is 1. The SMILES string of the molecule is CCCCCCN1C(=O)/C(=C/c2cccs2)N(C)C1=S. The molecular weight excluding hydrogens is 288 g/mol. The number of amides is 1. The van der Waals surface area contributed by atoms with Crippen molar-refractivity contribution in [3.05, 3.63) is 28.1 Å². The normalized spacial score (nSPS) is 17.6. The fourth-order valence-electron chi connectivity index (χ4n) is 2.21. The lowest BCUT2D eigenvalue weighted by Gasteiger charge is -2.16. The molecule has 0 bridgehead atoms. The third kappa shape index (κ3) is 3.27. The fraction of sp³-hybridized carbons (Fsp3) is 0.467. The summed E-state index contributed by atoms with van der Waals surface area (Å²) in [6, 6.07) is 3.99. The first-order chi connectivity index (χ1) is 9.65. The molecule has 3 nitrogen and oxygen atoms in total. The molecule has 1 aliphatic heterocycles. The van der Waals surface area contributed by atoms with Gasteiger partial charge in [-0.25, -0.2) is 0 Å². The molecule has 2 rings (SSSR count). The third-order valence-electron chi connectivity index (χ3n) is 3.40. The Hall–Kier alpha value is -1.20. The van der Waals surface area contributed by atoms with E-state index >= 15 is 0 Å². The summed E-state index contributed by atoms with van der Waals surface area (Å²) in [7, 11) is 1.87. The molecule has 1 saturated heterocycles. The first kappa shape index (κ1) is 15.2. The molecule has 0 N–H and O–H groups in total. The summed E-state index contributed by atoms with van der Waals surface area (Å²) in [5.74, 6) is 0.0300. The van der Waals surface area contributed by atoms with Gasteiger partial charge in [0.25, 0.3) is 5.91 Å². The van der Waals surface area contributed by atoms with Gasteiger partial charge in [-0.1, -0.05) is 32.3 Å². The number of carbonyl (C=O) groups excluding carboxylic acids is 1. The predicted molar refractivity (Wildman–Crippen MR) is 88.5 cm³/mol. The van der Waals surface area contributed by atoms with E-state index in [0.717, 1.165) is 24.3 Å². The molecule has 0 aromatic carbocycles. The summed E-state index contributed by atoms with van der Waals surface area (Å²) in [6.07, 6.45) is 6.49. The van der Waals surface area contributed by atoms with Gasteiger partial charge in [0.1, 0.15) is 5.70 Å². The van der Waals surface area contributed by atoms with E-state index in [1.54, 1.807) is 16.2 Å². The van der Waals surface area contributed by atoms with Gasteiger partial charge in [0.05, 0.1) is 0 Å². The molecule has 2 heterocycles. The summed E-state index contributed by atoms with van der Waals surface area (Å²) < 4.78 is 0. The monoisotopic (exact) mass is 308 g/mol. The molecular formula is C15H20N2OS2. The van der Waals surface area contributed by atoms with Gasteiger partial charge in [-0.05, 0) is 36.2 Å². The molecule has 1 amide bonds. The van der Waals surface area contributed by atoms with E-state index in [1.165, 1.54) is 12.8 Å². The van der Waals surface area contributed by atoms with E-state index < -0.39 is 0 Å². The Morgan fingerprint density at radius 2 is 2.15 bits per heavy atom. The smallest absolute Gasteiger partial charge is 0.276 e. The number of hydrogen-bond donors (Lipinski definition) is 0. The van der Waals surface area contributed by atoms with E-state index in [2.05, 4.69) is 6.92 Å². The van der Waals surface area contributed by atoms with Crippen LogP contribution in [-0.2, 0) is 4.79 Å². The molecule has 0 radical (unpaired) electrons. The zero-order valence-corrected chi connectivity index (χ0v) is 13.6. The van der Waals surface area contributed by atoms with Gasteiger partial charge in [0.2, 0.25) is 0 Å². The zero-order valence-electron chi connectivity index (χ0n) is 12.0. The molecule has 0 saturated carbocycles. The van der Waals surface area contributed by atoms with Crippen molar-refractivity contribution in [3.8, 4) is 0 Å². The molecule has 0 unspecified atom stereocenters. The molecule has 1 aromatic heterocycles. The van der Waals surface area contributed by atoms with Crippen LogP contribution in [0.5, 0.6) is 0 Å². The number of nitrogens with zero attached hydrogens (tertiary/aromatic N) is 2. The predicted octanol–water partition coefficient (Wildman–Crippen LogP) is 3.73. The first-order valence-electron chi connectivity index (χ1n) is 7.00. The zero-order chi connectivity index (χ0) is 14.5. The van der Waals surface area contributed by atoms with E-state index in [-0.39, 0.29) is 5.91 Å². The van der Waals surface area contributed by atoms with Crippen molar-refractivity contribution in [3.63, 3.8) is 0 Å². The molecule has 0 spiro atoms. The third-order valence-corrected chi connectivity index (χ3v) is 4.71. The highest BCUT2D eigenvalue weighted by Gasteiger charge is 2.35. The van der Waals surface area contributed by atoms with Crippen LogP contribution in [-0.4, -0.2) is 34.4 Å². The molecule has 0 aliphatic carbocycles. The largest absolute Gasteiger partial charge is 0.317 e. The van der Waals surface area contributed by atoms with Crippen LogP contribution in [0, 0.1) is 0 Å². The summed E-state index contributed by atoms with van der Waals surface area (Å²) in [5, 5.41) is 2.63. The summed E-state index contributed by atoms with van der Waals surface area (Å²) >= 11 is 7.01. The second kappa shape index (κ2) is 6.99. The highest BCUT2D eigenvalue weighted by atomic mass is 32.1. The van der Waals surface area contributed by atoms with E-state index in [1.807, 2.05) is 35.5 Å². The van der Waals surface area contributed by atoms with Gasteiger partial charge < -0.3 is 4.90 Å². The van der Waals surface area contributed by atoms with Crippen LogP contribution in [0.3, 0.4) is 0 Å². The van der Waals surface area contributed by atoms with Gasteiger partial charge >= 0.3 is 0 Å². The van der Waals surface area contributed by atoms with Crippen molar-refractivity contribution in [1.82, 2.24) is 9.80 Å². The van der Waals surface area contributed by atoms with Crippen molar-refractivity contribution in [2.45, 2.75) is 32.6 Å². The van der Waals surface area contributed by atoms with Crippen LogP contribution < -0.4 is 0 Å². The number of hydrogen-bond acceptors (Lipinski definition) is 3. The fourth-order valence-corrected chi connectivity index (χ4v) is 3.14.